The lowest BCUT2D eigenvalue weighted by atomic mass is 9.80. The van der Waals surface area contributed by atoms with E-state index in [1.165, 1.54) is 0 Å². The average Bonchev–Trinajstić information content (AvgIpc) is 2.85. The summed E-state index contributed by atoms with van der Waals surface area (Å²) in [5.74, 6) is 11.7. The largest absolute Gasteiger partial charge is 0.289 e. The van der Waals surface area contributed by atoms with Gasteiger partial charge in [0, 0.05) is 69.3 Å². The highest BCUT2D eigenvalue weighted by Gasteiger charge is 2.32. The first-order chi connectivity index (χ1) is 15.7. The smallest absolute Gasteiger partial charge is 0.195 e. The highest BCUT2D eigenvalue weighted by atomic mass is 16.1. The molecule has 4 aromatic rings. The quantitative estimate of drug-likeness (QED) is 0.362. The summed E-state index contributed by atoms with van der Waals surface area (Å²) in [5, 5.41) is 0. The van der Waals surface area contributed by atoms with E-state index >= 15 is 0 Å². The molecule has 0 aliphatic heterocycles. The molecule has 0 radical (unpaired) electrons. The minimum absolute atomic E-state index is 0.221. The molecule has 4 heteroatoms. The second-order valence-electron chi connectivity index (χ2n) is 7.09. The van der Waals surface area contributed by atoms with E-state index < -0.39 is 0 Å². The van der Waals surface area contributed by atoms with Crippen molar-refractivity contribution >= 4 is 11.6 Å². The Kier molecular flexibility index (Phi) is 4.88. The van der Waals surface area contributed by atoms with Crippen molar-refractivity contribution in [3.8, 4) is 23.7 Å². The van der Waals surface area contributed by atoms with Crippen molar-refractivity contribution in [3.05, 3.63) is 130 Å². The van der Waals surface area contributed by atoms with E-state index in [0.717, 1.165) is 11.1 Å². The number of carbonyl (C=O) groups excluding carboxylic acids is 2. The van der Waals surface area contributed by atoms with Crippen molar-refractivity contribution in [2.24, 2.45) is 0 Å². The molecule has 0 fully saturated rings. The third kappa shape index (κ3) is 3.47. The van der Waals surface area contributed by atoms with Crippen LogP contribution in [0.5, 0.6) is 0 Å². The predicted octanol–water partition coefficient (Wildman–Crippen LogP) is 4.05. The molecule has 0 unspecified atom stereocenters. The molecule has 0 spiro atoms. The lowest BCUT2D eigenvalue weighted by molar-refractivity contribution is 0.0978. The molecule has 0 saturated heterocycles. The highest BCUT2D eigenvalue weighted by molar-refractivity contribution is 6.29. The molecule has 0 N–H and O–H groups in total. The van der Waals surface area contributed by atoms with Crippen LogP contribution < -0.4 is 0 Å². The Morgan fingerprint density at radius 3 is 1.31 bits per heavy atom. The van der Waals surface area contributed by atoms with Crippen molar-refractivity contribution in [1.29, 1.82) is 0 Å². The van der Waals surface area contributed by atoms with Gasteiger partial charge in [-0.3, -0.25) is 19.6 Å². The van der Waals surface area contributed by atoms with E-state index in [1.54, 1.807) is 85.5 Å². The molecule has 2 aromatic carbocycles. The molecule has 0 amide bonds. The average molecular weight is 410 g/mol. The maximum absolute atomic E-state index is 13.4. The number of ketones is 2. The van der Waals surface area contributed by atoms with Crippen molar-refractivity contribution in [2.75, 3.05) is 0 Å². The molecule has 1 aliphatic rings. The standard InChI is InChI=1S/C28H14N2O2/c31-27-23-5-1-3-21(9-7-19-11-15-29-16-12-19)25(23)28(32)24-6-2-4-22(26(24)27)10-8-20-13-17-30-18-14-20/h1-6,11-18H. The summed E-state index contributed by atoms with van der Waals surface area (Å²) in [6.07, 6.45) is 6.63. The summed E-state index contributed by atoms with van der Waals surface area (Å²) in [7, 11) is 0. The zero-order valence-electron chi connectivity index (χ0n) is 16.8. The number of hydrogen-bond donors (Lipinski definition) is 0. The number of fused-ring (bicyclic) bond motifs is 2. The van der Waals surface area contributed by atoms with Crippen molar-refractivity contribution in [3.63, 3.8) is 0 Å². The van der Waals surface area contributed by atoms with Crippen molar-refractivity contribution in [1.82, 2.24) is 9.97 Å². The Morgan fingerprint density at radius 2 is 0.906 bits per heavy atom. The molecular weight excluding hydrogens is 396 g/mol. The van der Waals surface area contributed by atoms with Gasteiger partial charge >= 0.3 is 0 Å². The summed E-state index contributed by atoms with van der Waals surface area (Å²) in [5.41, 5.74) is 3.98. The molecule has 4 nitrogen and oxygen atoms in total. The first-order valence-corrected chi connectivity index (χ1v) is 9.92. The number of pyridine rings is 2. The number of carbonyl (C=O) groups is 2. The Bertz CT molecular complexity index is 1380. The summed E-state index contributed by atoms with van der Waals surface area (Å²) in [6, 6.07) is 17.5. The molecule has 32 heavy (non-hydrogen) atoms. The van der Waals surface area contributed by atoms with Gasteiger partial charge in [-0.25, -0.2) is 0 Å². The van der Waals surface area contributed by atoms with Crippen molar-refractivity contribution in [2.45, 2.75) is 0 Å². The number of hydrogen-bond acceptors (Lipinski definition) is 4. The van der Waals surface area contributed by atoms with E-state index in [1.807, 2.05) is 0 Å². The summed E-state index contributed by atoms with van der Waals surface area (Å²) in [4.78, 5) is 34.8. The molecule has 148 valence electrons. The first-order valence-electron chi connectivity index (χ1n) is 9.92. The normalized spacial score (nSPS) is 11.4. The molecule has 2 heterocycles. The number of rotatable bonds is 0. The fraction of sp³-hybridized carbons (Fsp3) is 0. The van der Waals surface area contributed by atoms with E-state index in [0.29, 0.717) is 33.4 Å². The van der Waals surface area contributed by atoms with E-state index in [2.05, 4.69) is 33.6 Å². The minimum Gasteiger partial charge on any atom is -0.289 e. The SMILES string of the molecule is O=C1c2cccc(C#Cc3ccncc3)c2C(=O)c2cccc(C#Cc3ccncc3)c21. The van der Waals surface area contributed by atoms with Gasteiger partial charge in [0.05, 0.1) is 0 Å². The van der Waals surface area contributed by atoms with E-state index in [9.17, 15) is 9.59 Å². The molecular formula is C28H14N2O2. The summed E-state index contributed by atoms with van der Waals surface area (Å²) >= 11 is 0. The third-order valence-corrected chi connectivity index (χ3v) is 5.12. The van der Waals surface area contributed by atoms with Crippen LogP contribution in [0.25, 0.3) is 0 Å². The summed E-state index contributed by atoms with van der Waals surface area (Å²) in [6.45, 7) is 0. The third-order valence-electron chi connectivity index (χ3n) is 5.12. The lowest BCUT2D eigenvalue weighted by Gasteiger charge is -2.19. The van der Waals surface area contributed by atoms with Gasteiger partial charge in [0.2, 0.25) is 0 Å². The molecule has 2 aromatic heterocycles. The van der Waals surface area contributed by atoms with Gasteiger partial charge in [-0.1, -0.05) is 47.9 Å². The zero-order chi connectivity index (χ0) is 21.9. The highest BCUT2D eigenvalue weighted by Crippen LogP contribution is 2.31. The number of nitrogens with zero attached hydrogens (tertiary/aromatic N) is 2. The molecule has 0 saturated carbocycles. The second-order valence-corrected chi connectivity index (χ2v) is 7.09. The Balaban J connectivity index is 1.61. The van der Waals surface area contributed by atoms with Gasteiger partial charge < -0.3 is 0 Å². The van der Waals surface area contributed by atoms with Crippen LogP contribution in [0.15, 0.2) is 85.5 Å². The van der Waals surface area contributed by atoms with Crippen LogP contribution in [0.4, 0.5) is 0 Å². The Morgan fingerprint density at radius 1 is 0.500 bits per heavy atom. The van der Waals surface area contributed by atoms with Crippen LogP contribution in [-0.2, 0) is 0 Å². The Labute approximate surface area is 185 Å². The van der Waals surface area contributed by atoms with Crippen LogP contribution in [0, 0.1) is 23.7 Å². The Hall–Kier alpha value is -4.80. The predicted molar refractivity (Wildman–Crippen MR) is 120 cm³/mol. The number of aromatic nitrogens is 2. The topological polar surface area (TPSA) is 59.9 Å². The molecule has 0 atom stereocenters. The maximum atomic E-state index is 13.4. The molecule has 5 rings (SSSR count). The van der Waals surface area contributed by atoms with Gasteiger partial charge in [0.15, 0.2) is 11.6 Å². The van der Waals surface area contributed by atoms with Crippen LogP contribution in [0.2, 0.25) is 0 Å². The van der Waals surface area contributed by atoms with Crippen molar-refractivity contribution < 1.29 is 9.59 Å². The van der Waals surface area contributed by atoms with Gasteiger partial charge in [-0.05, 0) is 36.4 Å². The lowest BCUT2D eigenvalue weighted by Crippen LogP contribution is -2.23. The maximum Gasteiger partial charge on any atom is 0.195 e. The number of benzene rings is 2. The fourth-order valence-electron chi connectivity index (χ4n) is 3.60. The second kappa shape index (κ2) is 8.14. The van der Waals surface area contributed by atoms with Crippen LogP contribution >= 0.6 is 0 Å². The first kappa shape index (κ1) is 19.2. The minimum atomic E-state index is -0.221. The van der Waals surface area contributed by atoms with E-state index in [4.69, 9.17) is 0 Å². The monoisotopic (exact) mass is 410 g/mol. The van der Waals surface area contributed by atoms with Gasteiger partial charge in [0.25, 0.3) is 0 Å². The van der Waals surface area contributed by atoms with Crippen LogP contribution in [-0.4, -0.2) is 21.5 Å². The van der Waals surface area contributed by atoms with Gasteiger partial charge in [0.1, 0.15) is 0 Å². The zero-order valence-corrected chi connectivity index (χ0v) is 16.8. The van der Waals surface area contributed by atoms with Gasteiger partial charge in [-0.2, -0.15) is 0 Å². The fourth-order valence-corrected chi connectivity index (χ4v) is 3.60. The molecule has 0 bridgehead atoms. The van der Waals surface area contributed by atoms with Crippen LogP contribution in [0.3, 0.4) is 0 Å². The summed E-state index contributed by atoms with van der Waals surface area (Å²) < 4.78 is 0. The van der Waals surface area contributed by atoms with Crippen LogP contribution in [0.1, 0.15) is 54.1 Å². The molecule has 1 aliphatic carbocycles. The van der Waals surface area contributed by atoms with E-state index in [-0.39, 0.29) is 11.6 Å². The van der Waals surface area contributed by atoms with Gasteiger partial charge in [-0.15, -0.1) is 0 Å².